The lowest BCUT2D eigenvalue weighted by molar-refractivity contribution is 0.195. The predicted molar refractivity (Wildman–Crippen MR) is 76.8 cm³/mol. The lowest BCUT2D eigenvalue weighted by Crippen LogP contribution is -2.31. The standard InChI is InChI=1S/C13H21NO3S2/c1-2-12-6-7-13(18-12)19(16,17)14-8-10-4-3-5-11(10)9-15/h6-7,10-11,14-15H,2-5,8-9H2,1H3. The molecule has 2 rings (SSSR count). The maximum atomic E-state index is 12.1. The van der Waals surface area contributed by atoms with E-state index in [0.29, 0.717) is 10.8 Å². The Balaban J connectivity index is 1.97. The Morgan fingerprint density at radius 3 is 2.74 bits per heavy atom. The topological polar surface area (TPSA) is 66.4 Å². The number of sulfonamides is 1. The Morgan fingerprint density at radius 2 is 2.11 bits per heavy atom. The van der Waals surface area contributed by atoms with E-state index >= 15 is 0 Å². The molecule has 0 saturated heterocycles. The van der Waals surface area contributed by atoms with E-state index in [2.05, 4.69) is 4.72 Å². The number of thiophene rings is 1. The van der Waals surface area contributed by atoms with Crippen molar-refractivity contribution in [2.75, 3.05) is 13.2 Å². The fourth-order valence-corrected chi connectivity index (χ4v) is 5.04. The maximum Gasteiger partial charge on any atom is 0.250 e. The molecular weight excluding hydrogens is 282 g/mol. The van der Waals surface area contributed by atoms with Crippen molar-refractivity contribution in [1.82, 2.24) is 4.72 Å². The Kier molecular flexibility index (Phi) is 5.00. The number of aliphatic hydroxyl groups excluding tert-OH is 1. The molecule has 0 amide bonds. The van der Waals surface area contributed by atoms with Gasteiger partial charge in [0.2, 0.25) is 10.0 Å². The molecule has 2 atom stereocenters. The van der Waals surface area contributed by atoms with Gasteiger partial charge in [-0.05, 0) is 43.2 Å². The minimum absolute atomic E-state index is 0.158. The van der Waals surface area contributed by atoms with Crippen molar-refractivity contribution in [3.8, 4) is 0 Å². The largest absolute Gasteiger partial charge is 0.396 e. The molecule has 6 heteroatoms. The summed E-state index contributed by atoms with van der Waals surface area (Å²) in [7, 11) is -3.38. The van der Waals surface area contributed by atoms with Gasteiger partial charge in [-0.15, -0.1) is 11.3 Å². The SMILES string of the molecule is CCc1ccc(S(=O)(=O)NCC2CCCC2CO)s1. The summed E-state index contributed by atoms with van der Waals surface area (Å²) in [5, 5.41) is 9.24. The Morgan fingerprint density at radius 1 is 1.37 bits per heavy atom. The number of rotatable bonds is 6. The van der Waals surface area contributed by atoms with Gasteiger partial charge >= 0.3 is 0 Å². The van der Waals surface area contributed by atoms with Crippen LogP contribution < -0.4 is 4.72 Å². The van der Waals surface area contributed by atoms with Crippen LogP contribution in [0, 0.1) is 11.8 Å². The molecule has 1 saturated carbocycles. The van der Waals surface area contributed by atoms with Crippen LogP contribution in [-0.4, -0.2) is 26.7 Å². The average molecular weight is 303 g/mol. The molecule has 1 fully saturated rings. The molecule has 1 aromatic rings. The zero-order valence-electron chi connectivity index (χ0n) is 11.1. The van der Waals surface area contributed by atoms with E-state index in [1.54, 1.807) is 6.07 Å². The van der Waals surface area contributed by atoms with Crippen molar-refractivity contribution in [3.05, 3.63) is 17.0 Å². The van der Waals surface area contributed by atoms with E-state index in [-0.39, 0.29) is 18.4 Å². The van der Waals surface area contributed by atoms with E-state index in [1.807, 2.05) is 13.0 Å². The summed E-state index contributed by atoms with van der Waals surface area (Å²) in [6.07, 6.45) is 3.94. The first-order chi connectivity index (χ1) is 9.06. The van der Waals surface area contributed by atoms with Gasteiger partial charge in [0.15, 0.2) is 0 Å². The zero-order chi connectivity index (χ0) is 13.9. The molecule has 0 bridgehead atoms. The monoisotopic (exact) mass is 303 g/mol. The summed E-state index contributed by atoms with van der Waals surface area (Å²) in [5.74, 6) is 0.516. The smallest absolute Gasteiger partial charge is 0.250 e. The second kappa shape index (κ2) is 6.35. The van der Waals surface area contributed by atoms with Gasteiger partial charge in [-0.1, -0.05) is 13.3 Å². The molecular formula is C13H21NO3S2. The number of aryl methyl sites for hydroxylation is 1. The lowest BCUT2D eigenvalue weighted by Gasteiger charge is -2.17. The third kappa shape index (κ3) is 3.56. The summed E-state index contributed by atoms with van der Waals surface area (Å²) in [6.45, 7) is 2.61. The van der Waals surface area contributed by atoms with Crippen molar-refractivity contribution in [3.63, 3.8) is 0 Å². The van der Waals surface area contributed by atoms with Crippen molar-refractivity contribution in [2.45, 2.75) is 36.8 Å². The van der Waals surface area contributed by atoms with Gasteiger partial charge in [-0.2, -0.15) is 0 Å². The fourth-order valence-electron chi connectivity index (χ4n) is 2.60. The second-order valence-electron chi connectivity index (χ2n) is 5.06. The molecule has 1 heterocycles. The second-order valence-corrected chi connectivity index (χ2v) is 8.22. The number of nitrogens with one attached hydrogen (secondary N) is 1. The molecule has 19 heavy (non-hydrogen) atoms. The van der Waals surface area contributed by atoms with Crippen molar-refractivity contribution < 1.29 is 13.5 Å². The number of hydrogen-bond donors (Lipinski definition) is 2. The van der Waals surface area contributed by atoms with Crippen LogP contribution in [0.5, 0.6) is 0 Å². The Hall–Kier alpha value is -0.430. The van der Waals surface area contributed by atoms with Gasteiger partial charge in [-0.25, -0.2) is 13.1 Å². The van der Waals surface area contributed by atoms with Crippen LogP contribution in [0.3, 0.4) is 0 Å². The third-order valence-electron chi connectivity index (χ3n) is 3.84. The van der Waals surface area contributed by atoms with E-state index < -0.39 is 10.0 Å². The average Bonchev–Trinajstić information content (AvgIpc) is 3.05. The first-order valence-corrected chi connectivity index (χ1v) is 9.06. The van der Waals surface area contributed by atoms with Crippen LogP contribution in [0.15, 0.2) is 16.3 Å². The third-order valence-corrected chi connectivity index (χ3v) is 6.98. The van der Waals surface area contributed by atoms with Gasteiger partial charge in [0.25, 0.3) is 0 Å². The molecule has 1 aliphatic rings. The maximum absolute atomic E-state index is 12.1. The summed E-state index contributed by atoms with van der Waals surface area (Å²) in [5.41, 5.74) is 0. The van der Waals surface area contributed by atoms with Crippen LogP contribution in [0.1, 0.15) is 31.1 Å². The molecule has 2 unspecified atom stereocenters. The molecule has 108 valence electrons. The van der Waals surface area contributed by atoms with Crippen molar-refractivity contribution in [2.24, 2.45) is 11.8 Å². The summed E-state index contributed by atoms with van der Waals surface area (Å²) < 4.78 is 27.4. The minimum atomic E-state index is -3.38. The summed E-state index contributed by atoms with van der Waals surface area (Å²) in [4.78, 5) is 1.08. The van der Waals surface area contributed by atoms with Crippen molar-refractivity contribution >= 4 is 21.4 Å². The first-order valence-electron chi connectivity index (χ1n) is 6.76. The van der Waals surface area contributed by atoms with Crippen LogP contribution in [0.2, 0.25) is 0 Å². The van der Waals surface area contributed by atoms with E-state index in [1.165, 1.54) is 11.3 Å². The Bertz CT molecular complexity index is 510. The predicted octanol–water partition coefficient (Wildman–Crippen LogP) is 2.00. The molecule has 1 aromatic heterocycles. The van der Waals surface area contributed by atoms with E-state index in [4.69, 9.17) is 0 Å². The first kappa shape index (κ1) is 15.0. The van der Waals surface area contributed by atoms with Gasteiger partial charge < -0.3 is 5.11 Å². The number of hydrogen-bond acceptors (Lipinski definition) is 4. The zero-order valence-corrected chi connectivity index (χ0v) is 12.8. The van der Waals surface area contributed by atoms with E-state index in [0.717, 1.165) is 30.6 Å². The highest BCUT2D eigenvalue weighted by Crippen LogP contribution is 2.31. The highest BCUT2D eigenvalue weighted by molar-refractivity contribution is 7.91. The van der Waals surface area contributed by atoms with Crippen LogP contribution in [0.25, 0.3) is 0 Å². The molecule has 1 aliphatic carbocycles. The van der Waals surface area contributed by atoms with Gasteiger partial charge in [0.1, 0.15) is 4.21 Å². The normalized spacial score (nSPS) is 23.9. The van der Waals surface area contributed by atoms with Gasteiger partial charge in [-0.3, -0.25) is 0 Å². The van der Waals surface area contributed by atoms with Crippen LogP contribution >= 0.6 is 11.3 Å². The summed E-state index contributed by atoms with van der Waals surface area (Å²) in [6, 6.07) is 3.54. The highest BCUT2D eigenvalue weighted by atomic mass is 32.2. The van der Waals surface area contributed by atoms with E-state index in [9.17, 15) is 13.5 Å². The van der Waals surface area contributed by atoms with Gasteiger partial charge in [0, 0.05) is 18.0 Å². The molecule has 4 nitrogen and oxygen atoms in total. The molecule has 2 N–H and O–H groups in total. The quantitative estimate of drug-likeness (QED) is 0.844. The molecule has 0 spiro atoms. The number of aliphatic hydroxyl groups is 1. The van der Waals surface area contributed by atoms with Crippen LogP contribution in [-0.2, 0) is 16.4 Å². The Labute approximate surface area is 118 Å². The fraction of sp³-hybridized carbons (Fsp3) is 0.692. The molecule has 0 aliphatic heterocycles. The molecule has 0 radical (unpaired) electrons. The van der Waals surface area contributed by atoms with Gasteiger partial charge in [0.05, 0.1) is 0 Å². The molecule has 0 aromatic carbocycles. The lowest BCUT2D eigenvalue weighted by atomic mass is 9.97. The minimum Gasteiger partial charge on any atom is -0.396 e. The van der Waals surface area contributed by atoms with Crippen LogP contribution in [0.4, 0.5) is 0 Å². The summed E-state index contributed by atoms with van der Waals surface area (Å²) >= 11 is 1.33. The highest BCUT2D eigenvalue weighted by Gasteiger charge is 2.28. The van der Waals surface area contributed by atoms with Crippen molar-refractivity contribution in [1.29, 1.82) is 0 Å².